The van der Waals surface area contributed by atoms with E-state index in [9.17, 15) is 4.79 Å². The maximum Gasteiger partial charge on any atom is 0.241 e. The van der Waals surface area contributed by atoms with E-state index in [4.69, 9.17) is 9.47 Å². The second kappa shape index (κ2) is 10.3. The molecule has 3 aromatic rings. The minimum Gasteiger partial charge on any atom is -0.437 e. The number of amides is 1. The topological polar surface area (TPSA) is 64.6 Å². The van der Waals surface area contributed by atoms with Gasteiger partial charge in [0.05, 0.1) is 5.41 Å². The standard InChI is InChI=1S/C28H31N3O3/c32-27(28(13-18-33-19-14-28)20-22-8-3-1-4-9-22)31-17-7-10-23(21-31)25-26(30-16-15-29-25)34-24-11-5-2-6-12-24/h1-6,8-9,11-12,15-16,23H,7,10,13-14,17-21H2. The number of hydrogen-bond acceptors (Lipinski definition) is 5. The van der Waals surface area contributed by atoms with Crippen molar-refractivity contribution in [1.82, 2.24) is 14.9 Å². The van der Waals surface area contributed by atoms with Crippen molar-refractivity contribution in [2.24, 2.45) is 5.41 Å². The predicted molar refractivity (Wildman–Crippen MR) is 130 cm³/mol. The monoisotopic (exact) mass is 457 g/mol. The van der Waals surface area contributed by atoms with E-state index < -0.39 is 5.41 Å². The molecule has 34 heavy (non-hydrogen) atoms. The van der Waals surface area contributed by atoms with Crippen LogP contribution in [-0.2, 0) is 16.0 Å². The molecule has 5 rings (SSSR count). The van der Waals surface area contributed by atoms with Crippen molar-refractivity contribution < 1.29 is 14.3 Å². The lowest BCUT2D eigenvalue weighted by Crippen LogP contribution is -2.51. The fourth-order valence-electron chi connectivity index (χ4n) is 5.23. The zero-order valence-electron chi connectivity index (χ0n) is 19.4. The van der Waals surface area contributed by atoms with Gasteiger partial charge in [0.25, 0.3) is 0 Å². The minimum atomic E-state index is -0.409. The predicted octanol–water partition coefficient (Wildman–Crippen LogP) is 5.01. The summed E-state index contributed by atoms with van der Waals surface area (Å²) in [6, 6.07) is 20.0. The number of aromatic nitrogens is 2. The summed E-state index contributed by atoms with van der Waals surface area (Å²) in [6.07, 6.45) is 7.54. The van der Waals surface area contributed by atoms with Crippen LogP contribution in [0.15, 0.2) is 73.1 Å². The molecule has 0 saturated carbocycles. The molecule has 0 N–H and O–H groups in total. The van der Waals surface area contributed by atoms with Gasteiger partial charge in [-0.25, -0.2) is 4.98 Å². The molecule has 1 atom stereocenters. The van der Waals surface area contributed by atoms with Crippen LogP contribution in [0.3, 0.4) is 0 Å². The second-order valence-corrected chi connectivity index (χ2v) is 9.31. The molecule has 0 aliphatic carbocycles. The summed E-state index contributed by atoms with van der Waals surface area (Å²) in [5, 5.41) is 0. The molecule has 2 aromatic carbocycles. The molecule has 6 nitrogen and oxygen atoms in total. The average molecular weight is 458 g/mol. The third kappa shape index (κ3) is 4.97. The van der Waals surface area contributed by atoms with E-state index in [1.54, 1.807) is 12.4 Å². The number of rotatable bonds is 6. The molecule has 176 valence electrons. The summed E-state index contributed by atoms with van der Waals surface area (Å²) >= 11 is 0. The highest BCUT2D eigenvalue weighted by atomic mass is 16.5. The van der Waals surface area contributed by atoms with E-state index in [0.29, 0.717) is 25.6 Å². The highest BCUT2D eigenvalue weighted by Gasteiger charge is 2.44. The van der Waals surface area contributed by atoms with E-state index in [-0.39, 0.29) is 11.8 Å². The molecule has 2 fully saturated rings. The van der Waals surface area contributed by atoms with Gasteiger partial charge in [-0.15, -0.1) is 0 Å². The number of para-hydroxylation sites is 1. The first-order chi connectivity index (χ1) is 16.7. The first-order valence-corrected chi connectivity index (χ1v) is 12.2. The van der Waals surface area contributed by atoms with E-state index in [1.165, 1.54) is 5.56 Å². The molecular weight excluding hydrogens is 426 g/mol. The van der Waals surface area contributed by atoms with Crippen molar-refractivity contribution in [3.05, 3.63) is 84.3 Å². The van der Waals surface area contributed by atoms with Crippen molar-refractivity contribution in [3.63, 3.8) is 0 Å². The van der Waals surface area contributed by atoms with Crippen molar-refractivity contribution in [2.75, 3.05) is 26.3 Å². The first kappa shape index (κ1) is 22.5. The van der Waals surface area contributed by atoms with Crippen LogP contribution in [0.1, 0.15) is 42.9 Å². The summed E-state index contributed by atoms with van der Waals surface area (Å²) in [5.74, 6) is 1.60. The van der Waals surface area contributed by atoms with Gasteiger partial charge in [0.2, 0.25) is 11.8 Å². The summed E-state index contributed by atoms with van der Waals surface area (Å²) in [5.41, 5.74) is 1.62. The summed E-state index contributed by atoms with van der Waals surface area (Å²) in [7, 11) is 0. The molecule has 1 unspecified atom stereocenters. The minimum absolute atomic E-state index is 0.0960. The molecule has 6 heteroatoms. The molecule has 2 aliphatic rings. The largest absolute Gasteiger partial charge is 0.437 e. The normalized spacial score (nSPS) is 20.0. The number of hydrogen-bond donors (Lipinski definition) is 0. The van der Waals surface area contributed by atoms with Crippen molar-refractivity contribution in [1.29, 1.82) is 0 Å². The number of ether oxygens (including phenoxy) is 2. The van der Waals surface area contributed by atoms with Crippen LogP contribution >= 0.6 is 0 Å². The number of carbonyl (C=O) groups excluding carboxylic acids is 1. The highest BCUT2D eigenvalue weighted by molar-refractivity contribution is 5.83. The average Bonchev–Trinajstić information content (AvgIpc) is 2.90. The number of nitrogens with zero attached hydrogens (tertiary/aromatic N) is 3. The number of piperidine rings is 1. The Balaban J connectivity index is 1.36. The zero-order chi connectivity index (χ0) is 23.2. The first-order valence-electron chi connectivity index (χ1n) is 12.2. The fraction of sp³-hybridized carbons (Fsp3) is 0.393. The van der Waals surface area contributed by atoms with E-state index >= 15 is 0 Å². The fourth-order valence-corrected chi connectivity index (χ4v) is 5.23. The molecule has 0 spiro atoms. The van der Waals surface area contributed by atoms with Crippen molar-refractivity contribution in [3.8, 4) is 11.6 Å². The molecule has 1 amide bonds. The number of carbonyl (C=O) groups is 1. The maximum atomic E-state index is 14.0. The lowest BCUT2D eigenvalue weighted by atomic mass is 9.73. The van der Waals surface area contributed by atoms with Gasteiger partial charge in [-0.3, -0.25) is 9.78 Å². The summed E-state index contributed by atoms with van der Waals surface area (Å²) in [6.45, 7) is 2.69. The Labute approximate surface area is 201 Å². The maximum absolute atomic E-state index is 14.0. The molecule has 2 saturated heterocycles. The van der Waals surface area contributed by atoms with Crippen LogP contribution < -0.4 is 4.74 Å². The quantitative estimate of drug-likeness (QED) is 0.520. The molecule has 0 bridgehead atoms. The van der Waals surface area contributed by atoms with Gasteiger partial charge >= 0.3 is 0 Å². The van der Waals surface area contributed by atoms with Crippen molar-refractivity contribution >= 4 is 5.91 Å². The van der Waals surface area contributed by atoms with Gasteiger partial charge in [-0.05, 0) is 49.8 Å². The van der Waals surface area contributed by atoms with Gasteiger partial charge in [0.1, 0.15) is 11.4 Å². The Morgan fingerprint density at radius 1 is 1.00 bits per heavy atom. The van der Waals surface area contributed by atoms with Gasteiger partial charge in [0.15, 0.2) is 0 Å². The van der Waals surface area contributed by atoms with Gasteiger partial charge in [-0.2, -0.15) is 0 Å². The summed E-state index contributed by atoms with van der Waals surface area (Å²) < 4.78 is 11.7. The van der Waals surface area contributed by atoms with E-state index in [0.717, 1.165) is 50.1 Å². The molecule has 3 heterocycles. The van der Waals surface area contributed by atoms with E-state index in [2.05, 4.69) is 27.0 Å². The lowest BCUT2D eigenvalue weighted by molar-refractivity contribution is -0.149. The number of benzene rings is 2. The van der Waals surface area contributed by atoms with Gasteiger partial charge < -0.3 is 14.4 Å². The van der Waals surface area contributed by atoms with Crippen LogP contribution in [0.4, 0.5) is 0 Å². The van der Waals surface area contributed by atoms with Crippen LogP contribution in [0, 0.1) is 5.41 Å². The van der Waals surface area contributed by atoms with Gasteiger partial charge in [0, 0.05) is 44.6 Å². The molecule has 0 radical (unpaired) electrons. The second-order valence-electron chi connectivity index (χ2n) is 9.31. The van der Waals surface area contributed by atoms with Crippen LogP contribution in [0.25, 0.3) is 0 Å². The Hall–Kier alpha value is -3.25. The lowest BCUT2D eigenvalue weighted by Gasteiger charge is -2.42. The van der Waals surface area contributed by atoms with Crippen LogP contribution in [0.2, 0.25) is 0 Å². The Kier molecular flexibility index (Phi) is 6.86. The summed E-state index contributed by atoms with van der Waals surface area (Å²) in [4.78, 5) is 25.2. The van der Waals surface area contributed by atoms with Crippen LogP contribution in [0.5, 0.6) is 11.6 Å². The third-order valence-corrected chi connectivity index (χ3v) is 7.03. The highest BCUT2D eigenvalue weighted by Crippen LogP contribution is 2.39. The zero-order valence-corrected chi connectivity index (χ0v) is 19.4. The van der Waals surface area contributed by atoms with Crippen LogP contribution in [-0.4, -0.2) is 47.1 Å². The SMILES string of the molecule is O=C(N1CCCC(c2nccnc2Oc2ccccc2)C1)C1(Cc2ccccc2)CCOCC1. The Morgan fingerprint density at radius 2 is 1.71 bits per heavy atom. The van der Waals surface area contributed by atoms with Crippen molar-refractivity contribution in [2.45, 2.75) is 38.0 Å². The molecule has 1 aromatic heterocycles. The number of likely N-dealkylation sites (tertiary alicyclic amines) is 1. The smallest absolute Gasteiger partial charge is 0.241 e. The van der Waals surface area contributed by atoms with E-state index in [1.807, 2.05) is 48.5 Å². The molecular formula is C28H31N3O3. The third-order valence-electron chi connectivity index (χ3n) is 7.03. The molecule has 2 aliphatic heterocycles. The Bertz CT molecular complexity index is 1080. The van der Waals surface area contributed by atoms with Gasteiger partial charge in [-0.1, -0.05) is 48.5 Å². The Morgan fingerprint density at radius 3 is 2.47 bits per heavy atom.